The first kappa shape index (κ1) is 34.8. The second-order valence-corrected chi connectivity index (χ2v) is 11.3. The predicted molar refractivity (Wildman–Crippen MR) is 193 cm³/mol. The van der Waals surface area contributed by atoms with Gasteiger partial charge in [-0.05, 0) is 54.6 Å². The van der Waals surface area contributed by atoms with E-state index in [0.717, 1.165) is 23.4 Å². The molecule has 0 aliphatic rings. The van der Waals surface area contributed by atoms with Crippen molar-refractivity contribution >= 4 is 45.0 Å². The Morgan fingerprint density at radius 3 is 1.83 bits per heavy atom. The number of benzene rings is 4. The first-order valence-electron chi connectivity index (χ1n) is 15.6. The van der Waals surface area contributed by atoms with Gasteiger partial charge >= 0.3 is 6.18 Å². The lowest BCUT2D eigenvalue weighted by Crippen LogP contribution is -2.22. The molecule has 0 spiro atoms. The summed E-state index contributed by atoms with van der Waals surface area (Å²) in [5, 5.41) is 5.94. The fourth-order valence-corrected chi connectivity index (χ4v) is 5.35. The fraction of sp³-hybridized carbons (Fsp3) is 0.0513. The van der Waals surface area contributed by atoms with Crippen molar-refractivity contribution in [1.29, 1.82) is 0 Å². The Kier molecular flexibility index (Phi) is 9.94. The van der Waals surface area contributed by atoms with Crippen molar-refractivity contribution in [2.75, 3.05) is 17.7 Å². The molecule has 0 aliphatic heterocycles. The molecule has 0 saturated heterocycles. The third-order valence-corrected chi connectivity index (χ3v) is 7.91. The van der Waals surface area contributed by atoms with E-state index in [4.69, 9.17) is 4.74 Å². The van der Waals surface area contributed by atoms with Crippen molar-refractivity contribution < 1.29 is 27.5 Å². The molecule has 0 bridgehead atoms. The molecule has 0 aliphatic carbocycles. The number of amides is 2. The summed E-state index contributed by atoms with van der Waals surface area (Å²) in [6.07, 6.45) is -0.232. The van der Waals surface area contributed by atoms with Crippen LogP contribution in [0.4, 0.5) is 24.5 Å². The van der Waals surface area contributed by atoms with E-state index in [1.54, 1.807) is 54.7 Å². The maximum absolute atomic E-state index is 13.0. The zero-order valence-corrected chi connectivity index (χ0v) is 27.2. The molecule has 260 valence electrons. The molecule has 0 radical (unpaired) electrons. The zero-order valence-electron chi connectivity index (χ0n) is 27.2. The first-order chi connectivity index (χ1) is 25.0. The van der Waals surface area contributed by atoms with Gasteiger partial charge in [-0.3, -0.25) is 24.2 Å². The first-order valence-corrected chi connectivity index (χ1v) is 15.6. The van der Waals surface area contributed by atoms with Crippen molar-refractivity contribution in [2.45, 2.75) is 6.18 Å². The van der Waals surface area contributed by atoms with Crippen molar-refractivity contribution in [2.24, 2.45) is 0 Å². The molecule has 7 aromatic rings. The molecular formula is C39H28F3N5O5. The summed E-state index contributed by atoms with van der Waals surface area (Å²) in [5.41, 5.74) is 1.33. The number of carbonyl (C=O) groups is 2. The van der Waals surface area contributed by atoms with E-state index in [2.05, 4.69) is 25.6 Å². The molecule has 7 rings (SSSR count). The largest absolute Gasteiger partial charge is 0.497 e. The number of pyridine rings is 3. The number of hydrogen-bond acceptors (Lipinski definition) is 6. The number of ether oxygens (including phenoxy) is 1. The second-order valence-electron chi connectivity index (χ2n) is 11.3. The Balaban J connectivity index is 0.000000179. The summed E-state index contributed by atoms with van der Waals surface area (Å²) < 4.78 is 43.7. The van der Waals surface area contributed by atoms with Crippen molar-refractivity contribution in [1.82, 2.24) is 15.0 Å². The van der Waals surface area contributed by atoms with Crippen LogP contribution in [0.1, 0.15) is 26.3 Å². The number of rotatable bonds is 6. The summed E-state index contributed by atoms with van der Waals surface area (Å²) >= 11 is 0. The molecule has 10 nitrogen and oxygen atoms in total. The van der Waals surface area contributed by atoms with Gasteiger partial charge in [0.1, 0.15) is 16.9 Å². The molecule has 0 atom stereocenters. The van der Waals surface area contributed by atoms with E-state index in [-0.39, 0.29) is 28.0 Å². The van der Waals surface area contributed by atoms with Crippen LogP contribution in [0.2, 0.25) is 0 Å². The van der Waals surface area contributed by atoms with Crippen LogP contribution in [0.15, 0.2) is 137 Å². The SMILES string of the molecule is COc1cc(NC(=O)c2c[nH]c3ccccc3c2=O)cc(C(F)(F)F)c1.O=C(Nc1ccccc1-c1ccccn1)c1c[nH]c2ccccc2c1=O. The molecule has 0 unspecified atom stereocenters. The number of hydrogen-bond donors (Lipinski definition) is 4. The number of para-hydroxylation sites is 3. The third-order valence-electron chi connectivity index (χ3n) is 7.91. The van der Waals surface area contributed by atoms with Gasteiger partial charge in [0.25, 0.3) is 11.8 Å². The number of nitrogens with one attached hydrogen (secondary N) is 4. The topological polar surface area (TPSA) is 146 Å². The number of halogens is 3. The number of anilines is 2. The van der Waals surface area contributed by atoms with Crippen LogP contribution in [0.5, 0.6) is 5.75 Å². The third kappa shape index (κ3) is 7.58. The fourth-order valence-electron chi connectivity index (χ4n) is 5.35. The highest BCUT2D eigenvalue weighted by Gasteiger charge is 2.31. The second kappa shape index (κ2) is 14.8. The van der Waals surface area contributed by atoms with Crippen LogP contribution in [0.25, 0.3) is 33.1 Å². The van der Waals surface area contributed by atoms with E-state index in [0.29, 0.717) is 27.5 Å². The maximum Gasteiger partial charge on any atom is 0.416 e. The van der Waals surface area contributed by atoms with Gasteiger partial charge in [0.2, 0.25) is 10.9 Å². The van der Waals surface area contributed by atoms with Crippen LogP contribution >= 0.6 is 0 Å². The zero-order chi connectivity index (χ0) is 36.8. The average molecular weight is 704 g/mol. The van der Waals surface area contributed by atoms with Crippen LogP contribution in [0.3, 0.4) is 0 Å². The van der Waals surface area contributed by atoms with Crippen molar-refractivity contribution in [3.05, 3.63) is 165 Å². The quantitative estimate of drug-likeness (QED) is 0.140. The van der Waals surface area contributed by atoms with E-state index in [1.807, 2.05) is 42.5 Å². The highest BCUT2D eigenvalue weighted by Crippen LogP contribution is 2.34. The lowest BCUT2D eigenvalue weighted by atomic mass is 10.1. The minimum atomic E-state index is -4.60. The summed E-state index contributed by atoms with van der Waals surface area (Å²) in [5.74, 6) is -1.35. The predicted octanol–water partition coefficient (Wildman–Crippen LogP) is 7.65. The highest BCUT2D eigenvalue weighted by atomic mass is 19.4. The lowest BCUT2D eigenvalue weighted by molar-refractivity contribution is -0.137. The number of alkyl halides is 3. The summed E-state index contributed by atoms with van der Waals surface area (Å²) in [7, 11) is 1.22. The number of carbonyl (C=O) groups excluding carboxylic acids is 2. The number of nitrogens with zero attached hydrogens (tertiary/aromatic N) is 1. The molecule has 2 amide bonds. The molecule has 3 heterocycles. The number of methoxy groups -OCH3 is 1. The Labute approximate surface area is 293 Å². The van der Waals surface area contributed by atoms with Gasteiger partial charge in [0, 0.05) is 57.7 Å². The molecule has 52 heavy (non-hydrogen) atoms. The van der Waals surface area contributed by atoms with Gasteiger partial charge in [-0.15, -0.1) is 0 Å². The van der Waals surface area contributed by atoms with Crippen LogP contribution < -0.4 is 26.2 Å². The molecular weight excluding hydrogens is 675 g/mol. The van der Waals surface area contributed by atoms with Crippen molar-refractivity contribution in [3.8, 4) is 17.0 Å². The van der Waals surface area contributed by atoms with Crippen LogP contribution in [-0.2, 0) is 6.18 Å². The summed E-state index contributed by atoms with van der Waals surface area (Å²) in [6, 6.07) is 29.5. The van der Waals surface area contributed by atoms with Gasteiger partial charge in [-0.2, -0.15) is 13.2 Å². The van der Waals surface area contributed by atoms with Crippen molar-refractivity contribution in [3.63, 3.8) is 0 Å². The summed E-state index contributed by atoms with van der Waals surface area (Å²) in [4.78, 5) is 60.3. The van der Waals surface area contributed by atoms with E-state index in [9.17, 15) is 32.3 Å². The van der Waals surface area contributed by atoms with E-state index >= 15 is 0 Å². The number of H-pyrrole nitrogens is 2. The molecule has 0 fully saturated rings. The van der Waals surface area contributed by atoms with Crippen LogP contribution in [-0.4, -0.2) is 33.9 Å². The Morgan fingerprint density at radius 1 is 0.692 bits per heavy atom. The molecule has 13 heteroatoms. The maximum atomic E-state index is 13.0. The lowest BCUT2D eigenvalue weighted by Gasteiger charge is -2.12. The normalized spacial score (nSPS) is 11.0. The van der Waals surface area contributed by atoms with Gasteiger partial charge < -0.3 is 25.3 Å². The minimum absolute atomic E-state index is 0.0671. The van der Waals surface area contributed by atoms with E-state index in [1.165, 1.54) is 25.6 Å². The number of aromatic amines is 2. The van der Waals surface area contributed by atoms with Gasteiger partial charge in [0.05, 0.1) is 24.1 Å². The van der Waals surface area contributed by atoms with Crippen LogP contribution in [0, 0.1) is 0 Å². The Bertz CT molecular complexity index is 2550. The molecule has 3 aromatic heterocycles. The summed E-state index contributed by atoms with van der Waals surface area (Å²) in [6.45, 7) is 0. The standard InChI is InChI=1S/C21H15N3O2.C18H13F3N2O3/c25-20-15-8-2-3-9-18(15)23-13-16(20)21(26)24-19-11-4-1-7-14(19)17-10-5-6-12-22-17;1-26-12-7-10(18(19,20)21)6-11(8-12)23-17(25)14-9-22-15-5-3-2-4-13(15)16(14)24/h1-13H,(H,23,25)(H,24,26);2-9H,1H3,(H,22,24)(H,23,25). The Morgan fingerprint density at radius 2 is 1.25 bits per heavy atom. The van der Waals surface area contributed by atoms with Gasteiger partial charge in [0.15, 0.2) is 0 Å². The highest BCUT2D eigenvalue weighted by molar-refractivity contribution is 6.07. The minimum Gasteiger partial charge on any atom is -0.497 e. The van der Waals surface area contributed by atoms with Gasteiger partial charge in [-0.25, -0.2) is 0 Å². The average Bonchev–Trinajstić information content (AvgIpc) is 3.15. The number of fused-ring (bicyclic) bond motifs is 2. The number of aromatic nitrogens is 3. The molecule has 4 N–H and O–H groups in total. The monoisotopic (exact) mass is 703 g/mol. The van der Waals surface area contributed by atoms with Gasteiger partial charge in [-0.1, -0.05) is 48.5 Å². The van der Waals surface area contributed by atoms with E-state index < -0.39 is 29.0 Å². The smallest absolute Gasteiger partial charge is 0.416 e. The molecule has 4 aromatic carbocycles. The molecule has 0 saturated carbocycles. The Hall–Kier alpha value is -7.02.